The van der Waals surface area contributed by atoms with E-state index in [1.165, 1.54) is 5.39 Å². The minimum atomic E-state index is -3.03. The molecular formula is C54H72O10Si2. The van der Waals surface area contributed by atoms with E-state index in [9.17, 15) is 5.11 Å². The van der Waals surface area contributed by atoms with Gasteiger partial charge in [0, 0.05) is 0 Å². The van der Waals surface area contributed by atoms with Gasteiger partial charge < -0.3 is 46.5 Å². The molecule has 1 N–H and O–H groups in total. The van der Waals surface area contributed by atoms with Gasteiger partial charge in [-0.3, -0.25) is 0 Å². The van der Waals surface area contributed by atoms with Gasteiger partial charge >= 0.3 is 17.1 Å². The number of hydrogen-bond donors (Lipinski definition) is 1. The second-order valence-corrected chi connectivity index (χ2v) is 27.9. The van der Waals surface area contributed by atoms with E-state index in [0.717, 1.165) is 27.6 Å². The average Bonchev–Trinajstić information content (AvgIpc) is 3.60. The fourth-order valence-electron chi connectivity index (χ4n) is 9.32. The minimum Gasteiger partial charge on any atom is -0.414 e. The van der Waals surface area contributed by atoms with Crippen molar-refractivity contribution in [2.24, 2.45) is 0 Å². The Kier molecular flexibility index (Phi) is 18.0. The minimum absolute atomic E-state index is 0.00823. The van der Waals surface area contributed by atoms with Crippen LogP contribution in [0.25, 0.3) is 10.8 Å². The lowest BCUT2D eigenvalue weighted by Gasteiger charge is -2.51. The van der Waals surface area contributed by atoms with Gasteiger partial charge in [-0.15, -0.1) is 0 Å². The van der Waals surface area contributed by atoms with Crippen molar-refractivity contribution in [3.05, 3.63) is 156 Å². The van der Waals surface area contributed by atoms with E-state index in [1.807, 2.05) is 103 Å². The van der Waals surface area contributed by atoms with Crippen LogP contribution in [0, 0.1) is 0 Å². The molecule has 2 heterocycles. The van der Waals surface area contributed by atoms with Crippen molar-refractivity contribution in [2.75, 3.05) is 19.8 Å². The molecule has 0 aliphatic carbocycles. The zero-order chi connectivity index (χ0) is 46.7. The van der Waals surface area contributed by atoms with Crippen molar-refractivity contribution >= 4 is 27.9 Å². The maximum Gasteiger partial charge on any atom is 0.335 e. The summed E-state index contributed by atoms with van der Waals surface area (Å²) in [5, 5.41) is 14.5. The normalized spacial score (nSPS) is 22.1. The molecule has 4 unspecified atom stereocenters. The summed E-state index contributed by atoms with van der Waals surface area (Å²) in [7, 11) is -5.87. The zero-order valence-corrected chi connectivity index (χ0v) is 42.1. The van der Waals surface area contributed by atoms with E-state index in [4.69, 9.17) is 41.4 Å². The van der Waals surface area contributed by atoms with E-state index in [-0.39, 0.29) is 48.6 Å². The average molecular weight is 937 g/mol. The quantitative estimate of drug-likeness (QED) is 0.0675. The lowest BCUT2D eigenvalue weighted by atomic mass is 10.1. The number of ether oxygens (including phenoxy) is 6. The standard InChI is InChI=1S/C54H72O10Si2/c1-38(2)65(39(3)4)61-37-50-53(63-66(64-65,40(5)6)41(7)8)51(55)54(62-50)60-36-49(58-33-43-22-14-10-15-23-43)52(59-34-44-24-16-11-17-25-44)48(57-32-42-20-12-9-13-21-42)35-56-31-45-28-29-46-26-18-19-27-47(46)30-45/h9-30,38-41,48-55H,31-37H2,1-8H3/t48?,49?,50-,51+,52?,53?,54-/m1/s1. The zero-order valence-electron chi connectivity index (χ0n) is 40.1. The van der Waals surface area contributed by atoms with E-state index in [2.05, 4.69) is 85.7 Å². The van der Waals surface area contributed by atoms with Crippen molar-refractivity contribution < 1.29 is 46.5 Å². The van der Waals surface area contributed by atoms with Gasteiger partial charge in [-0.2, -0.15) is 0 Å². The van der Waals surface area contributed by atoms with Crippen molar-refractivity contribution in [1.29, 1.82) is 0 Å². The number of fused-ring (bicyclic) bond motifs is 2. The topological polar surface area (TPSA) is 103 Å². The fraction of sp³-hybridized carbons (Fsp3) is 0.481. The highest BCUT2D eigenvalue weighted by Gasteiger charge is 2.61. The first kappa shape index (κ1) is 50.3. The Morgan fingerprint density at radius 2 is 1.05 bits per heavy atom. The van der Waals surface area contributed by atoms with Crippen molar-refractivity contribution in [3.8, 4) is 0 Å². The van der Waals surface area contributed by atoms with Gasteiger partial charge in [0.15, 0.2) is 6.29 Å². The van der Waals surface area contributed by atoms with Gasteiger partial charge in [0.1, 0.15) is 36.6 Å². The molecule has 0 bridgehead atoms. The summed E-state index contributed by atoms with van der Waals surface area (Å²) in [6, 6.07) is 44.9. The molecular weight excluding hydrogens is 865 g/mol. The number of aliphatic hydroxyl groups excluding tert-OH is 1. The first-order chi connectivity index (χ1) is 31.9. The van der Waals surface area contributed by atoms with Gasteiger partial charge in [0.2, 0.25) is 0 Å². The number of hydrogen-bond acceptors (Lipinski definition) is 10. The highest BCUT2D eigenvalue weighted by molar-refractivity contribution is 6.84. The summed E-state index contributed by atoms with van der Waals surface area (Å²) < 4.78 is 62.2. The predicted molar refractivity (Wildman–Crippen MR) is 263 cm³/mol. The number of aliphatic hydroxyl groups is 1. The highest BCUT2D eigenvalue weighted by Crippen LogP contribution is 2.47. The largest absolute Gasteiger partial charge is 0.414 e. The van der Waals surface area contributed by atoms with Crippen LogP contribution in [0.4, 0.5) is 0 Å². The summed E-state index contributed by atoms with van der Waals surface area (Å²) in [4.78, 5) is 0. The molecule has 2 fully saturated rings. The van der Waals surface area contributed by atoms with Crippen LogP contribution in [-0.2, 0) is 67.8 Å². The highest BCUT2D eigenvalue weighted by atomic mass is 28.5. The van der Waals surface area contributed by atoms with Crippen LogP contribution in [0.1, 0.15) is 77.6 Å². The van der Waals surface area contributed by atoms with Crippen molar-refractivity contribution in [3.63, 3.8) is 0 Å². The summed E-state index contributed by atoms with van der Waals surface area (Å²) in [6.45, 7) is 19.2. The predicted octanol–water partition coefficient (Wildman–Crippen LogP) is 11.2. The summed E-state index contributed by atoms with van der Waals surface area (Å²) in [6.07, 6.45) is -5.44. The van der Waals surface area contributed by atoms with Gasteiger partial charge in [0.05, 0.1) is 46.2 Å². The van der Waals surface area contributed by atoms with Crippen LogP contribution in [0.2, 0.25) is 22.2 Å². The summed E-state index contributed by atoms with van der Waals surface area (Å²) in [5.74, 6) is 0. The second-order valence-electron chi connectivity index (χ2n) is 19.1. The smallest absolute Gasteiger partial charge is 0.335 e. The van der Waals surface area contributed by atoms with Crippen LogP contribution >= 0.6 is 0 Å². The summed E-state index contributed by atoms with van der Waals surface area (Å²) in [5.41, 5.74) is 4.58. The van der Waals surface area contributed by atoms with Crippen molar-refractivity contribution in [1.82, 2.24) is 0 Å². The molecule has 0 spiro atoms. The second kappa shape index (κ2) is 23.6. The van der Waals surface area contributed by atoms with Gasteiger partial charge in [-0.25, -0.2) is 0 Å². The first-order valence-corrected chi connectivity index (χ1v) is 27.8. The fourth-order valence-corrected chi connectivity index (χ4v) is 20.5. The van der Waals surface area contributed by atoms with Crippen LogP contribution in [0.5, 0.6) is 0 Å². The molecule has 356 valence electrons. The molecule has 0 aromatic heterocycles. The van der Waals surface area contributed by atoms with Gasteiger partial charge in [0.25, 0.3) is 0 Å². The van der Waals surface area contributed by atoms with Crippen molar-refractivity contribution in [2.45, 2.75) is 147 Å². The molecule has 2 saturated heterocycles. The van der Waals surface area contributed by atoms with Crippen LogP contribution < -0.4 is 0 Å². The maximum atomic E-state index is 12.2. The molecule has 0 saturated carbocycles. The molecule has 12 heteroatoms. The molecule has 10 nitrogen and oxygen atoms in total. The molecule has 0 radical (unpaired) electrons. The van der Waals surface area contributed by atoms with Crippen LogP contribution in [-0.4, -0.2) is 85.0 Å². The molecule has 5 aromatic rings. The van der Waals surface area contributed by atoms with Gasteiger partial charge in [-0.05, 0) is 61.3 Å². The summed E-state index contributed by atoms with van der Waals surface area (Å²) >= 11 is 0. The lowest BCUT2D eigenvalue weighted by molar-refractivity contribution is -0.217. The third-order valence-electron chi connectivity index (χ3n) is 13.0. The Bertz CT molecular complexity index is 2180. The third kappa shape index (κ3) is 12.3. The Hall–Kier alpha value is -3.61. The van der Waals surface area contributed by atoms with E-state index in [1.54, 1.807) is 0 Å². The maximum absolute atomic E-state index is 12.2. The van der Waals surface area contributed by atoms with E-state index in [0.29, 0.717) is 19.8 Å². The first-order valence-electron chi connectivity index (χ1n) is 23.9. The Morgan fingerprint density at radius 1 is 0.545 bits per heavy atom. The molecule has 66 heavy (non-hydrogen) atoms. The monoisotopic (exact) mass is 936 g/mol. The molecule has 7 rings (SSSR count). The van der Waals surface area contributed by atoms with Gasteiger partial charge in [-0.1, -0.05) is 183 Å². The van der Waals surface area contributed by atoms with Crippen LogP contribution in [0.3, 0.4) is 0 Å². The molecule has 2 aliphatic rings. The molecule has 7 atom stereocenters. The SMILES string of the molecule is CC(C)[Si]1(C(C)C)OC[C@H]2O[C@@H](OCC(OCc3ccccc3)C(OCc3ccccc3)C(COCc3ccc4ccccc4c3)OCc3ccccc3)[C@@H](O)C2O[Si](C(C)C)(C(C)C)O1. The van der Waals surface area contributed by atoms with Crippen LogP contribution in [0.15, 0.2) is 133 Å². The number of rotatable bonds is 22. The Balaban J connectivity index is 1.18. The molecule has 2 aliphatic heterocycles. The Morgan fingerprint density at radius 3 is 1.59 bits per heavy atom. The number of benzene rings is 5. The van der Waals surface area contributed by atoms with E-state index < -0.39 is 60.0 Å². The lowest BCUT2D eigenvalue weighted by Crippen LogP contribution is -2.65. The molecule has 0 amide bonds. The third-order valence-corrected chi connectivity index (χ3v) is 23.3. The Labute approximate surface area is 395 Å². The molecule has 5 aromatic carbocycles. The van der Waals surface area contributed by atoms with E-state index >= 15 is 0 Å².